The second-order valence-corrected chi connectivity index (χ2v) is 4.75. The second kappa shape index (κ2) is 7.66. The molecule has 0 aromatic rings. The highest BCUT2D eigenvalue weighted by Crippen LogP contribution is 2.12. The van der Waals surface area contributed by atoms with Gasteiger partial charge in [0, 0.05) is 13.0 Å². The second-order valence-electron chi connectivity index (χ2n) is 4.75. The smallest absolute Gasteiger partial charge is 0.100 e. The number of rotatable bonds is 8. The van der Waals surface area contributed by atoms with Crippen molar-refractivity contribution in [2.75, 3.05) is 13.1 Å². The van der Waals surface area contributed by atoms with E-state index < -0.39 is 0 Å². The van der Waals surface area contributed by atoms with E-state index in [1.54, 1.807) is 0 Å². The quantitative estimate of drug-likeness (QED) is 0.645. The third-order valence-corrected chi connectivity index (χ3v) is 3.21. The zero-order valence-electron chi connectivity index (χ0n) is 10.9. The van der Waals surface area contributed by atoms with E-state index in [1.807, 2.05) is 6.92 Å². The van der Waals surface area contributed by atoms with Crippen molar-refractivity contribution in [3.63, 3.8) is 0 Å². The van der Waals surface area contributed by atoms with Crippen molar-refractivity contribution in [2.45, 2.75) is 65.0 Å². The highest BCUT2D eigenvalue weighted by molar-refractivity contribution is 5.83. The van der Waals surface area contributed by atoms with E-state index in [0.717, 1.165) is 19.5 Å². The minimum Gasteiger partial charge on any atom is -0.343 e. The van der Waals surface area contributed by atoms with Gasteiger partial charge in [0.2, 0.25) is 0 Å². The highest BCUT2D eigenvalue weighted by atomic mass is 15.3. The molecule has 1 rings (SSSR count). The maximum atomic E-state index is 5.90. The molecule has 0 aliphatic carbocycles. The Morgan fingerprint density at radius 1 is 1.25 bits per heavy atom. The summed E-state index contributed by atoms with van der Waals surface area (Å²) in [6, 6.07) is 0. The minimum atomic E-state index is 0.126. The molecule has 16 heavy (non-hydrogen) atoms. The summed E-state index contributed by atoms with van der Waals surface area (Å²) in [6.07, 6.45) is 9.32. The van der Waals surface area contributed by atoms with E-state index in [1.165, 1.54) is 44.4 Å². The van der Waals surface area contributed by atoms with Crippen LogP contribution >= 0.6 is 0 Å². The van der Waals surface area contributed by atoms with Crippen molar-refractivity contribution in [3.05, 3.63) is 0 Å². The van der Waals surface area contributed by atoms with Gasteiger partial charge in [0.25, 0.3) is 0 Å². The molecule has 0 aromatic heterocycles. The standard InChI is InChI=1S/C13H27N3/c1-3-4-5-6-7-8-9-13-15-10-11-16(13)12(2)14/h12H,3-11,14H2,1-2H3. The van der Waals surface area contributed by atoms with Gasteiger partial charge < -0.3 is 10.6 Å². The molecule has 0 saturated heterocycles. The summed E-state index contributed by atoms with van der Waals surface area (Å²) < 4.78 is 0. The van der Waals surface area contributed by atoms with Crippen LogP contribution in [0.2, 0.25) is 0 Å². The first-order valence-corrected chi connectivity index (χ1v) is 6.81. The normalized spacial score (nSPS) is 17.7. The molecule has 0 amide bonds. The van der Waals surface area contributed by atoms with Gasteiger partial charge >= 0.3 is 0 Å². The third kappa shape index (κ3) is 4.52. The molecule has 0 bridgehead atoms. The lowest BCUT2D eigenvalue weighted by Gasteiger charge is -2.24. The Hall–Kier alpha value is -0.570. The summed E-state index contributed by atoms with van der Waals surface area (Å²) in [5, 5.41) is 0. The monoisotopic (exact) mass is 225 g/mol. The number of hydrogen-bond acceptors (Lipinski definition) is 3. The Morgan fingerprint density at radius 2 is 1.94 bits per heavy atom. The molecule has 1 aliphatic heterocycles. The van der Waals surface area contributed by atoms with Crippen LogP contribution in [0.4, 0.5) is 0 Å². The summed E-state index contributed by atoms with van der Waals surface area (Å²) in [5.41, 5.74) is 5.90. The zero-order chi connectivity index (χ0) is 11.8. The SMILES string of the molecule is CCCCCCCCC1=NCCN1C(C)N. The van der Waals surface area contributed by atoms with Crippen LogP contribution < -0.4 is 5.73 Å². The Morgan fingerprint density at radius 3 is 2.62 bits per heavy atom. The fourth-order valence-electron chi connectivity index (χ4n) is 2.23. The summed E-state index contributed by atoms with van der Waals surface area (Å²) >= 11 is 0. The average molecular weight is 225 g/mol. The molecular weight excluding hydrogens is 198 g/mol. The van der Waals surface area contributed by atoms with Gasteiger partial charge in [-0.25, -0.2) is 0 Å². The number of amidine groups is 1. The number of aliphatic imine (C=N–C) groups is 1. The number of nitrogens with two attached hydrogens (primary N) is 1. The topological polar surface area (TPSA) is 41.6 Å². The van der Waals surface area contributed by atoms with Crippen LogP contribution in [0.25, 0.3) is 0 Å². The minimum absolute atomic E-state index is 0.126. The molecule has 3 heteroatoms. The summed E-state index contributed by atoms with van der Waals surface area (Å²) in [7, 11) is 0. The van der Waals surface area contributed by atoms with Gasteiger partial charge in [0.15, 0.2) is 0 Å². The number of hydrogen-bond donors (Lipinski definition) is 1. The predicted octanol–water partition coefficient (Wildman–Crippen LogP) is 2.76. The van der Waals surface area contributed by atoms with E-state index in [2.05, 4.69) is 16.8 Å². The third-order valence-electron chi connectivity index (χ3n) is 3.21. The van der Waals surface area contributed by atoms with Gasteiger partial charge in [-0.15, -0.1) is 0 Å². The Kier molecular flexibility index (Phi) is 6.46. The number of unbranched alkanes of at least 4 members (excludes halogenated alkanes) is 5. The Labute approximate surface area is 100 Å². The van der Waals surface area contributed by atoms with Crippen molar-refractivity contribution in [1.29, 1.82) is 0 Å². The van der Waals surface area contributed by atoms with E-state index in [-0.39, 0.29) is 6.17 Å². The van der Waals surface area contributed by atoms with Crippen LogP contribution in [0.1, 0.15) is 58.8 Å². The van der Waals surface area contributed by atoms with Crippen LogP contribution in [-0.4, -0.2) is 30.0 Å². The average Bonchev–Trinajstić information content (AvgIpc) is 2.71. The van der Waals surface area contributed by atoms with E-state index >= 15 is 0 Å². The molecule has 1 heterocycles. The molecule has 0 spiro atoms. The molecule has 1 aliphatic rings. The van der Waals surface area contributed by atoms with Gasteiger partial charge in [-0.05, 0) is 13.3 Å². The molecule has 1 atom stereocenters. The Bertz CT molecular complexity index is 211. The molecule has 1 unspecified atom stereocenters. The molecule has 0 saturated carbocycles. The molecule has 3 nitrogen and oxygen atoms in total. The molecule has 0 radical (unpaired) electrons. The van der Waals surface area contributed by atoms with E-state index in [9.17, 15) is 0 Å². The van der Waals surface area contributed by atoms with Crippen molar-refractivity contribution < 1.29 is 0 Å². The molecular formula is C13H27N3. The van der Waals surface area contributed by atoms with E-state index in [0.29, 0.717) is 0 Å². The summed E-state index contributed by atoms with van der Waals surface area (Å²) in [4.78, 5) is 6.78. The predicted molar refractivity (Wildman–Crippen MR) is 70.7 cm³/mol. The number of nitrogens with zero attached hydrogens (tertiary/aromatic N) is 2. The van der Waals surface area contributed by atoms with Crippen molar-refractivity contribution in [1.82, 2.24) is 4.90 Å². The lowest BCUT2D eigenvalue weighted by atomic mass is 10.1. The largest absolute Gasteiger partial charge is 0.343 e. The van der Waals surface area contributed by atoms with Crippen LogP contribution in [-0.2, 0) is 0 Å². The van der Waals surface area contributed by atoms with Crippen molar-refractivity contribution in [2.24, 2.45) is 10.7 Å². The van der Waals surface area contributed by atoms with Gasteiger partial charge in [-0.1, -0.05) is 39.0 Å². The molecule has 2 N–H and O–H groups in total. The van der Waals surface area contributed by atoms with Crippen molar-refractivity contribution in [3.8, 4) is 0 Å². The fourth-order valence-corrected chi connectivity index (χ4v) is 2.23. The van der Waals surface area contributed by atoms with Gasteiger partial charge in [-0.3, -0.25) is 4.99 Å². The van der Waals surface area contributed by atoms with Gasteiger partial charge in [0.1, 0.15) is 5.84 Å². The first-order valence-electron chi connectivity index (χ1n) is 6.81. The van der Waals surface area contributed by atoms with Crippen LogP contribution in [0.5, 0.6) is 0 Å². The highest BCUT2D eigenvalue weighted by Gasteiger charge is 2.18. The van der Waals surface area contributed by atoms with E-state index in [4.69, 9.17) is 5.73 Å². The summed E-state index contributed by atoms with van der Waals surface area (Å²) in [6.45, 7) is 6.26. The first kappa shape index (κ1) is 13.5. The maximum absolute atomic E-state index is 5.90. The van der Waals surface area contributed by atoms with Gasteiger partial charge in [-0.2, -0.15) is 0 Å². The van der Waals surface area contributed by atoms with Crippen LogP contribution in [0.3, 0.4) is 0 Å². The molecule has 0 fully saturated rings. The molecule has 0 aromatic carbocycles. The first-order chi connectivity index (χ1) is 7.75. The lowest BCUT2D eigenvalue weighted by Crippen LogP contribution is -2.41. The van der Waals surface area contributed by atoms with Crippen LogP contribution in [0, 0.1) is 0 Å². The Balaban J connectivity index is 2.08. The summed E-state index contributed by atoms with van der Waals surface area (Å²) in [5.74, 6) is 1.24. The zero-order valence-corrected chi connectivity index (χ0v) is 10.9. The van der Waals surface area contributed by atoms with Gasteiger partial charge in [0.05, 0.1) is 12.7 Å². The fraction of sp³-hybridized carbons (Fsp3) is 0.923. The van der Waals surface area contributed by atoms with Crippen LogP contribution in [0.15, 0.2) is 4.99 Å². The lowest BCUT2D eigenvalue weighted by molar-refractivity contribution is 0.358. The van der Waals surface area contributed by atoms with Crippen molar-refractivity contribution >= 4 is 5.84 Å². The molecule has 94 valence electrons. The maximum Gasteiger partial charge on any atom is 0.100 e.